The van der Waals surface area contributed by atoms with Gasteiger partial charge in [0, 0.05) is 16.0 Å². The molecule has 7 nitrogen and oxygen atoms in total. The van der Waals surface area contributed by atoms with Crippen LogP contribution in [0, 0.1) is 3.57 Å². The molecule has 3 aromatic rings. The van der Waals surface area contributed by atoms with Crippen LogP contribution in [-0.2, 0) is 0 Å². The van der Waals surface area contributed by atoms with Gasteiger partial charge in [0.2, 0.25) is 5.16 Å². The van der Waals surface area contributed by atoms with Crippen LogP contribution >= 0.6 is 34.4 Å². The summed E-state index contributed by atoms with van der Waals surface area (Å²) < 4.78 is 2.52. The number of nitrogens with zero attached hydrogens (tertiary/aromatic N) is 6. The minimum Gasteiger partial charge on any atom is -0.508 e. The second-order valence-electron chi connectivity index (χ2n) is 3.68. The van der Waals surface area contributed by atoms with E-state index in [4.69, 9.17) is 0 Å². The largest absolute Gasteiger partial charge is 0.508 e. The van der Waals surface area contributed by atoms with E-state index in [1.165, 1.54) is 11.8 Å². The molecule has 0 amide bonds. The molecule has 0 aliphatic carbocycles. The van der Waals surface area contributed by atoms with Crippen molar-refractivity contribution in [1.82, 2.24) is 30.2 Å². The van der Waals surface area contributed by atoms with Crippen LogP contribution in [0.1, 0.15) is 0 Å². The molecule has 0 fully saturated rings. The number of tetrazole rings is 1. The van der Waals surface area contributed by atoms with Crippen molar-refractivity contribution in [3.63, 3.8) is 0 Å². The fraction of sp³-hybridized carbons (Fsp3) is 0. The highest BCUT2D eigenvalue weighted by Gasteiger charge is 2.11. The molecule has 2 aromatic heterocycles. The summed E-state index contributed by atoms with van der Waals surface area (Å²) in [5.74, 6) is 0.192. The molecule has 2 heterocycles. The lowest BCUT2D eigenvalue weighted by Crippen LogP contribution is -1.99. The minimum atomic E-state index is 0.192. The molecule has 1 aromatic carbocycles. The van der Waals surface area contributed by atoms with E-state index in [1.54, 1.807) is 41.3 Å². The van der Waals surface area contributed by atoms with Gasteiger partial charge in [0.05, 0.1) is 5.69 Å². The van der Waals surface area contributed by atoms with Gasteiger partial charge in [-0.1, -0.05) is 0 Å². The van der Waals surface area contributed by atoms with Crippen LogP contribution in [0.15, 0.2) is 47.0 Å². The SMILES string of the molecule is Oc1ccc(-n2nnnc2Sc2ncc(I)cn2)cc1. The number of phenolic OH excluding ortho intramolecular Hbond substituents is 1. The first-order valence-corrected chi connectivity index (χ1v) is 7.35. The Morgan fingerprint density at radius 2 is 1.80 bits per heavy atom. The van der Waals surface area contributed by atoms with Crippen LogP contribution in [-0.4, -0.2) is 35.3 Å². The van der Waals surface area contributed by atoms with Gasteiger partial charge in [-0.25, -0.2) is 9.97 Å². The zero-order valence-corrected chi connectivity index (χ0v) is 12.9. The lowest BCUT2D eigenvalue weighted by atomic mass is 10.3. The van der Waals surface area contributed by atoms with Gasteiger partial charge in [0.1, 0.15) is 5.75 Å². The summed E-state index contributed by atoms with van der Waals surface area (Å²) in [6.07, 6.45) is 3.45. The molecule has 0 spiro atoms. The Bertz CT molecular complexity index is 715. The summed E-state index contributed by atoms with van der Waals surface area (Å²) in [6.45, 7) is 0. The fourth-order valence-electron chi connectivity index (χ4n) is 1.43. The van der Waals surface area contributed by atoms with Crippen molar-refractivity contribution in [2.75, 3.05) is 0 Å². The Morgan fingerprint density at radius 1 is 1.10 bits per heavy atom. The summed E-state index contributed by atoms with van der Waals surface area (Å²) in [4.78, 5) is 8.40. The van der Waals surface area contributed by atoms with Gasteiger partial charge in [-0.05, 0) is 69.0 Å². The van der Waals surface area contributed by atoms with E-state index in [1.807, 2.05) is 0 Å². The van der Waals surface area contributed by atoms with E-state index >= 15 is 0 Å². The third kappa shape index (κ3) is 2.88. The molecule has 1 N–H and O–H groups in total. The van der Waals surface area contributed by atoms with E-state index in [0.29, 0.717) is 10.3 Å². The minimum absolute atomic E-state index is 0.192. The average molecular weight is 398 g/mol. The summed E-state index contributed by atoms with van der Waals surface area (Å²) in [5.41, 5.74) is 0.751. The molecule has 0 aliphatic heterocycles. The number of halogens is 1. The lowest BCUT2D eigenvalue weighted by Gasteiger charge is -2.03. The van der Waals surface area contributed by atoms with Crippen molar-refractivity contribution in [2.45, 2.75) is 10.3 Å². The predicted octanol–water partition coefficient (Wildman–Crippen LogP) is 1.91. The quantitative estimate of drug-likeness (QED) is 0.533. The Labute approximate surface area is 131 Å². The van der Waals surface area contributed by atoms with Crippen molar-refractivity contribution in [3.05, 3.63) is 40.2 Å². The first-order valence-electron chi connectivity index (χ1n) is 5.45. The standard InChI is InChI=1S/C11H7IN6OS/c12-7-5-13-10(14-6-7)20-11-15-16-17-18(11)8-1-3-9(19)4-2-8/h1-6,19H. The molecular weight excluding hydrogens is 391 g/mol. The van der Waals surface area contributed by atoms with Gasteiger partial charge < -0.3 is 5.11 Å². The van der Waals surface area contributed by atoms with E-state index in [9.17, 15) is 5.11 Å². The Kier molecular flexibility index (Phi) is 3.78. The van der Waals surface area contributed by atoms with Gasteiger partial charge in [-0.2, -0.15) is 4.68 Å². The molecule has 0 saturated carbocycles. The zero-order chi connectivity index (χ0) is 13.9. The summed E-state index contributed by atoms with van der Waals surface area (Å²) in [6, 6.07) is 6.61. The normalized spacial score (nSPS) is 10.7. The molecule has 3 rings (SSSR count). The molecule has 0 radical (unpaired) electrons. The molecular formula is C11H7IN6OS. The maximum atomic E-state index is 9.30. The number of aromatic hydroxyl groups is 1. The third-order valence-electron chi connectivity index (χ3n) is 2.31. The van der Waals surface area contributed by atoms with Crippen molar-refractivity contribution >= 4 is 34.4 Å². The summed E-state index contributed by atoms with van der Waals surface area (Å²) in [7, 11) is 0. The van der Waals surface area contributed by atoms with Gasteiger partial charge >= 0.3 is 0 Å². The average Bonchev–Trinajstić information content (AvgIpc) is 2.90. The highest BCUT2D eigenvalue weighted by atomic mass is 127. The first-order chi connectivity index (χ1) is 9.72. The number of aromatic nitrogens is 6. The highest BCUT2D eigenvalue weighted by Crippen LogP contribution is 2.24. The maximum absolute atomic E-state index is 9.30. The Morgan fingerprint density at radius 3 is 2.50 bits per heavy atom. The van der Waals surface area contributed by atoms with Crippen LogP contribution in [0.3, 0.4) is 0 Å². The molecule has 0 aliphatic rings. The molecule has 0 atom stereocenters. The Balaban J connectivity index is 1.90. The van der Waals surface area contributed by atoms with Crippen molar-refractivity contribution in [1.29, 1.82) is 0 Å². The van der Waals surface area contributed by atoms with Crippen LogP contribution < -0.4 is 0 Å². The molecule has 20 heavy (non-hydrogen) atoms. The number of benzene rings is 1. The second-order valence-corrected chi connectivity index (χ2v) is 5.86. The van der Waals surface area contributed by atoms with E-state index in [0.717, 1.165) is 9.26 Å². The van der Waals surface area contributed by atoms with Crippen molar-refractivity contribution in [3.8, 4) is 11.4 Å². The molecule has 0 bridgehead atoms. The van der Waals surface area contributed by atoms with Gasteiger partial charge in [-0.3, -0.25) is 0 Å². The number of rotatable bonds is 3. The van der Waals surface area contributed by atoms with Crippen LogP contribution in [0.25, 0.3) is 5.69 Å². The Hall–Kier alpha value is -1.75. The zero-order valence-electron chi connectivity index (χ0n) is 9.88. The molecule has 0 unspecified atom stereocenters. The molecule has 9 heteroatoms. The van der Waals surface area contributed by atoms with E-state index < -0.39 is 0 Å². The second kappa shape index (κ2) is 5.71. The van der Waals surface area contributed by atoms with Crippen LogP contribution in [0.5, 0.6) is 5.75 Å². The summed E-state index contributed by atoms with van der Waals surface area (Å²) >= 11 is 3.41. The topological polar surface area (TPSA) is 89.6 Å². The predicted molar refractivity (Wildman–Crippen MR) is 79.7 cm³/mol. The third-order valence-corrected chi connectivity index (χ3v) is 3.70. The van der Waals surface area contributed by atoms with E-state index in [2.05, 4.69) is 48.1 Å². The van der Waals surface area contributed by atoms with Gasteiger partial charge in [0.15, 0.2) is 5.16 Å². The maximum Gasteiger partial charge on any atom is 0.221 e. The van der Waals surface area contributed by atoms with Crippen molar-refractivity contribution < 1.29 is 5.11 Å². The lowest BCUT2D eigenvalue weighted by molar-refractivity contribution is 0.475. The number of phenols is 1. The summed E-state index contributed by atoms with van der Waals surface area (Å²) in [5, 5.41) is 22.0. The monoisotopic (exact) mass is 398 g/mol. The number of hydrogen-bond acceptors (Lipinski definition) is 7. The fourth-order valence-corrected chi connectivity index (χ4v) is 2.39. The van der Waals surface area contributed by atoms with Gasteiger partial charge in [0.25, 0.3) is 0 Å². The smallest absolute Gasteiger partial charge is 0.221 e. The molecule has 100 valence electrons. The van der Waals surface area contributed by atoms with Crippen LogP contribution in [0.4, 0.5) is 0 Å². The first kappa shape index (κ1) is 13.2. The molecule has 0 saturated heterocycles. The van der Waals surface area contributed by atoms with Gasteiger partial charge in [-0.15, -0.1) is 5.10 Å². The van der Waals surface area contributed by atoms with E-state index in [-0.39, 0.29) is 5.75 Å². The highest BCUT2D eigenvalue weighted by molar-refractivity contribution is 14.1. The van der Waals surface area contributed by atoms with Crippen LogP contribution in [0.2, 0.25) is 0 Å². The van der Waals surface area contributed by atoms with Crippen molar-refractivity contribution in [2.24, 2.45) is 0 Å². The number of hydrogen-bond donors (Lipinski definition) is 1.